The van der Waals surface area contributed by atoms with Gasteiger partial charge in [-0.1, -0.05) is 26.2 Å². The van der Waals surface area contributed by atoms with Gasteiger partial charge in [-0.05, 0) is 37.5 Å². The van der Waals surface area contributed by atoms with Crippen LogP contribution in [0.3, 0.4) is 0 Å². The van der Waals surface area contributed by atoms with E-state index in [9.17, 15) is 14.7 Å². The Labute approximate surface area is 139 Å². The number of aliphatic hydroxyl groups excluding tert-OH is 1. The van der Waals surface area contributed by atoms with Gasteiger partial charge in [-0.15, -0.1) is 0 Å². The number of carbonyl (C=O) groups is 2. The van der Waals surface area contributed by atoms with E-state index in [1.54, 1.807) is 0 Å². The van der Waals surface area contributed by atoms with Crippen molar-refractivity contribution >= 4 is 11.8 Å². The minimum absolute atomic E-state index is 0.00593. The Hall–Kier alpha value is -1.10. The lowest BCUT2D eigenvalue weighted by Crippen LogP contribution is -2.45. The first-order valence-electron chi connectivity index (χ1n) is 9.26. The number of rotatable bonds is 6. The summed E-state index contributed by atoms with van der Waals surface area (Å²) in [5.41, 5.74) is 0.00593. The maximum Gasteiger partial charge on any atom is 0.224 e. The minimum Gasteiger partial charge on any atom is -0.396 e. The molecular formula is C18H32N2O3. The molecule has 0 unspecified atom stereocenters. The van der Waals surface area contributed by atoms with Crippen LogP contribution in [0, 0.1) is 11.3 Å². The fraction of sp³-hybridized carbons (Fsp3) is 0.889. The van der Waals surface area contributed by atoms with E-state index in [1.807, 2.05) is 4.90 Å². The van der Waals surface area contributed by atoms with Gasteiger partial charge in [0, 0.05) is 38.6 Å². The summed E-state index contributed by atoms with van der Waals surface area (Å²) in [6.45, 7) is 4.22. The Kier molecular flexibility index (Phi) is 6.88. The second-order valence-electron chi connectivity index (χ2n) is 7.27. The molecule has 132 valence electrons. The normalized spacial score (nSPS) is 21.9. The Balaban J connectivity index is 1.66. The van der Waals surface area contributed by atoms with E-state index in [-0.39, 0.29) is 29.8 Å². The number of piperidine rings is 1. The first kappa shape index (κ1) is 18.2. The van der Waals surface area contributed by atoms with Gasteiger partial charge in [0.25, 0.3) is 0 Å². The molecule has 1 aliphatic heterocycles. The zero-order valence-corrected chi connectivity index (χ0v) is 14.5. The molecule has 23 heavy (non-hydrogen) atoms. The van der Waals surface area contributed by atoms with Crippen molar-refractivity contribution in [2.45, 2.75) is 64.7 Å². The average molecular weight is 324 g/mol. The second-order valence-corrected chi connectivity index (χ2v) is 7.27. The lowest BCUT2D eigenvalue weighted by molar-refractivity contribution is -0.134. The van der Waals surface area contributed by atoms with E-state index in [2.05, 4.69) is 12.2 Å². The van der Waals surface area contributed by atoms with Gasteiger partial charge >= 0.3 is 0 Å². The number of aliphatic hydroxyl groups is 1. The number of hydrogen-bond donors (Lipinski definition) is 2. The average Bonchev–Trinajstić information content (AvgIpc) is 2.62. The molecule has 0 bridgehead atoms. The van der Waals surface area contributed by atoms with Crippen molar-refractivity contribution in [1.82, 2.24) is 10.2 Å². The van der Waals surface area contributed by atoms with E-state index < -0.39 is 0 Å². The standard InChI is InChI=1S/C18H32N2O3/c1-2-18(14-21)9-12-20(13-10-18)16(22)8-11-19-17(23)15-6-4-3-5-7-15/h15,21H,2-14H2,1H3,(H,19,23). The molecule has 5 nitrogen and oxygen atoms in total. The molecule has 2 aliphatic rings. The highest BCUT2D eigenvalue weighted by molar-refractivity contribution is 5.80. The summed E-state index contributed by atoms with van der Waals surface area (Å²) < 4.78 is 0. The summed E-state index contributed by atoms with van der Waals surface area (Å²) in [6.07, 6.45) is 8.62. The van der Waals surface area contributed by atoms with Crippen LogP contribution in [0.2, 0.25) is 0 Å². The van der Waals surface area contributed by atoms with Crippen LogP contribution in [-0.4, -0.2) is 48.1 Å². The smallest absolute Gasteiger partial charge is 0.224 e. The first-order chi connectivity index (χ1) is 11.1. The Bertz CT molecular complexity index is 391. The zero-order valence-electron chi connectivity index (χ0n) is 14.5. The summed E-state index contributed by atoms with van der Waals surface area (Å²) in [6, 6.07) is 0. The largest absolute Gasteiger partial charge is 0.396 e. The highest BCUT2D eigenvalue weighted by Crippen LogP contribution is 2.34. The molecule has 1 saturated carbocycles. The monoisotopic (exact) mass is 324 g/mol. The number of amides is 2. The van der Waals surface area contributed by atoms with Gasteiger partial charge in [0.1, 0.15) is 0 Å². The van der Waals surface area contributed by atoms with Crippen molar-refractivity contribution in [2.75, 3.05) is 26.2 Å². The molecule has 0 radical (unpaired) electrons. The van der Waals surface area contributed by atoms with Crippen molar-refractivity contribution < 1.29 is 14.7 Å². The second kappa shape index (κ2) is 8.67. The van der Waals surface area contributed by atoms with Gasteiger partial charge in [-0.2, -0.15) is 0 Å². The van der Waals surface area contributed by atoms with E-state index in [0.29, 0.717) is 13.0 Å². The zero-order chi connectivity index (χ0) is 16.7. The van der Waals surface area contributed by atoms with Crippen LogP contribution in [0.15, 0.2) is 0 Å². The van der Waals surface area contributed by atoms with E-state index in [0.717, 1.165) is 58.0 Å². The molecule has 0 aromatic heterocycles. The van der Waals surface area contributed by atoms with Crippen molar-refractivity contribution in [3.63, 3.8) is 0 Å². The fourth-order valence-electron chi connectivity index (χ4n) is 3.81. The van der Waals surface area contributed by atoms with Crippen LogP contribution in [0.5, 0.6) is 0 Å². The van der Waals surface area contributed by atoms with Gasteiger partial charge in [0.2, 0.25) is 11.8 Å². The molecule has 2 N–H and O–H groups in total. The number of carbonyl (C=O) groups excluding carboxylic acids is 2. The molecule has 0 aromatic carbocycles. The fourth-order valence-corrected chi connectivity index (χ4v) is 3.81. The lowest BCUT2D eigenvalue weighted by atomic mass is 9.77. The number of likely N-dealkylation sites (tertiary alicyclic amines) is 1. The number of nitrogens with one attached hydrogen (secondary N) is 1. The van der Waals surface area contributed by atoms with Gasteiger partial charge in [0.05, 0.1) is 0 Å². The summed E-state index contributed by atoms with van der Waals surface area (Å²) >= 11 is 0. The van der Waals surface area contributed by atoms with Crippen LogP contribution in [0.25, 0.3) is 0 Å². The molecule has 1 heterocycles. The third-order valence-electron chi connectivity index (χ3n) is 5.88. The Morgan fingerprint density at radius 1 is 1.17 bits per heavy atom. The summed E-state index contributed by atoms with van der Waals surface area (Å²) in [5, 5.41) is 12.5. The maximum absolute atomic E-state index is 12.3. The third kappa shape index (κ3) is 4.93. The van der Waals surface area contributed by atoms with Crippen LogP contribution in [0.4, 0.5) is 0 Å². The van der Waals surface area contributed by atoms with E-state index in [1.165, 1.54) is 6.42 Å². The van der Waals surface area contributed by atoms with Gasteiger partial charge in [-0.25, -0.2) is 0 Å². The van der Waals surface area contributed by atoms with Crippen molar-refractivity contribution in [3.8, 4) is 0 Å². The highest BCUT2D eigenvalue weighted by Gasteiger charge is 2.33. The van der Waals surface area contributed by atoms with E-state index >= 15 is 0 Å². The summed E-state index contributed by atoms with van der Waals surface area (Å²) in [7, 11) is 0. The van der Waals surface area contributed by atoms with Crippen molar-refractivity contribution in [2.24, 2.45) is 11.3 Å². The third-order valence-corrected chi connectivity index (χ3v) is 5.88. The summed E-state index contributed by atoms with van der Waals surface area (Å²) in [4.78, 5) is 26.2. The van der Waals surface area contributed by atoms with Gasteiger partial charge in [0.15, 0.2) is 0 Å². The maximum atomic E-state index is 12.3. The summed E-state index contributed by atoms with van der Waals surface area (Å²) in [5.74, 6) is 0.404. The van der Waals surface area contributed by atoms with Gasteiger partial charge < -0.3 is 15.3 Å². The molecule has 2 rings (SSSR count). The molecular weight excluding hydrogens is 292 g/mol. The van der Waals surface area contributed by atoms with Crippen LogP contribution < -0.4 is 5.32 Å². The van der Waals surface area contributed by atoms with Crippen LogP contribution in [-0.2, 0) is 9.59 Å². The quantitative estimate of drug-likeness (QED) is 0.786. The van der Waals surface area contributed by atoms with Crippen LogP contribution >= 0.6 is 0 Å². The number of hydrogen-bond acceptors (Lipinski definition) is 3. The van der Waals surface area contributed by atoms with Crippen molar-refractivity contribution in [3.05, 3.63) is 0 Å². The molecule has 1 aliphatic carbocycles. The molecule has 1 saturated heterocycles. The molecule has 0 spiro atoms. The lowest BCUT2D eigenvalue weighted by Gasteiger charge is -2.40. The van der Waals surface area contributed by atoms with Gasteiger partial charge in [-0.3, -0.25) is 9.59 Å². The SMILES string of the molecule is CCC1(CO)CCN(C(=O)CCNC(=O)C2CCCCC2)CC1. The Morgan fingerprint density at radius 2 is 1.83 bits per heavy atom. The number of nitrogens with zero attached hydrogens (tertiary/aromatic N) is 1. The first-order valence-corrected chi connectivity index (χ1v) is 9.26. The minimum atomic E-state index is 0.00593. The molecule has 0 aromatic rings. The predicted octanol–water partition coefficient (Wildman–Crippen LogP) is 2.08. The Morgan fingerprint density at radius 3 is 2.39 bits per heavy atom. The topological polar surface area (TPSA) is 69.6 Å². The molecule has 2 amide bonds. The van der Waals surface area contributed by atoms with Crippen LogP contribution in [0.1, 0.15) is 64.7 Å². The van der Waals surface area contributed by atoms with Crippen molar-refractivity contribution in [1.29, 1.82) is 0 Å². The highest BCUT2D eigenvalue weighted by atomic mass is 16.3. The molecule has 5 heteroatoms. The van der Waals surface area contributed by atoms with E-state index in [4.69, 9.17) is 0 Å². The molecule has 2 fully saturated rings. The molecule has 0 atom stereocenters. The predicted molar refractivity (Wildman–Crippen MR) is 89.8 cm³/mol.